The molecule has 0 aliphatic heterocycles. The monoisotopic (exact) mass is 1720 g/mol. The molecule has 2 aliphatic rings. The second-order valence-electron chi connectivity index (χ2n) is 34.6. The van der Waals surface area contributed by atoms with Gasteiger partial charge in [-0.1, -0.05) is 340 Å². The van der Waals surface area contributed by atoms with E-state index >= 15 is 0 Å². The van der Waals surface area contributed by atoms with Crippen LogP contribution >= 0.6 is 0 Å². The maximum Gasteiger partial charge on any atom is 0.160 e. The van der Waals surface area contributed by atoms with Crippen molar-refractivity contribution < 1.29 is 0 Å². The molecule has 7 aromatic heterocycles. The first kappa shape index (κ1) is 81.4. The van der Waals surface area contributed by atoms with Crippen molar-refractivity contribution in [2.75, 3.05) is 0 Å². The van der Waals surface area contributed by atoms with Crippen LogP contribution in [0.15, 0.2) is 461 Å². The predicted molar refractivity (Wildman–Crippen MR) is 552 cm³/mol. The lowest BCUT2D eigenvalue weighted by Gasteiger charge is -2.16. The summed E-state index contributed by atoms with van der Waals surface area (Å²) in [6.45, 7) is 0. The molecular weight excluding hydrogens is 1630 g/mol. The van der Waals surface area contributed by atoms with Crippen molar-refractivity contribution in [3.05, 3.63) is 484 Å². The Morgan fingerprint density at radius 2 is 0.455 bits per heavy atom. The summed E-state index contributed by atoms with van der Waals surface area (Å²) in [6.07, 6.45) is 14.0. The third-order valence-corrected chi connectivity index (χ3v) is 26.2. The minimum atomic E-state index is 0.703. The van der Waals surface area contributed by atoms with Gasteiger partial charge < -0.3 is 18.3 Å². The summed E-state index contributed by atoms with van der Waals surface area (Å²) in [5.74, 6) is 2.16. The Balaban J connectivity index is 0.000000114. The van der Waals surface area contributed by atoms with E-state index in [0.717, 1.165) is 137 Å². The molecule has 0 unspecified atom stereocenters. The molecule has 0 saturated carbocycles. The van der Waals surface area contributed by atoms with E-state index in [-0.39, 0.29) is 0 Å². The molecule has 10 heteroatoms. The Bertz CT molecular complexity index is 7620. The molecule has 638 valence electrons. The van der Waals surface area contributed by atoms with Crippen LogP contribution in [-0.4, -0.2) is 48.2 Å². The average Bonchev–Trinajstić information content (AvgIpc) is 1.60. The molecule has 25 rings (SSSR count). The number of aromatic nitrogens is 10. The van der Waals surface area contributed by atoms with Gasteiger partial charge in [0.05, 0.1) is 56.2 Å². The molecule has 0 radical (unpaired) electrons. The smallest absolute Gasteiger partial charge is 0.160 e. The Labute approximate surface area is 779 Å². The highest BCUT2D eigenvalue weighted by Gasteiger charge is 2.25. The molecule has 134 heavy (non-hydrogen) atoms. The molecule has 10 nitrogen and oxygen atoms in total. The highest BCUT2D eigenvalue weighted by Crippen LogP contribution is 2.42. The molecule has 0 saturated heterocycles. The highest BCUT2D eigenvalue weighted by atomic mass is 15.0. The summed E-state index contributed by atoms with van der Waals surface area (Å²) < 4.78 is 9.52. The normalized spacial score (nSPS) is 12.2. The van der Waals surface area contributed by atoms with Crippen molar-refractivity contribution >= 4 is 43.6 Å². The molecule has 0 N–H and O–H groups in total. The van der Waals surface area contributed by atoms with E-state index < -0.39 is 0 Å². The zero-order valence-corrected chi connectivity index (χ0v) is 74.0. The van der Waals surface area contributed by atoms with Gasteiger partial charge in [-0.25, -0.2) is 29.9 Å². The van der Waals surface area contributed by atoms with Crippen LogP contribution in [0, 0.1) is 0 Å². The molecule has 0 bridgehead atoms. The summed E-state index contributed by atoms with van der Waals surface area (Å²) in [6, 6.07) is 158. The number of para-hydroxylation sites is 4. The quantitative estimate of drug-likeness (QED) is 0.0956. The molecule has 23 aromatic rings. The topological polar surface area (TPSA) is 97.1 Å². The van der Waals surface area contributed by atoms with E-state index in [0.29, 0.717) is 5.82 Å². The SMILES string of the molecule is c1ccc(-c2cc(-c3cccc(-c4ccc(-n5c6c(c7ccccc75)CCCC6)cc4)c3)nc(-c3ccccc3)n2)cc1.c1ccc(-c2cc(-c3ccccc3)nc(-c3ccc(-c4cc(-n5ccc6ccccc65)cc(-n5ccc6ccccc65)c4)cc3)n2)cc1.c1ccc(-c2cc(-c3ccccc3)nc(-c3cccc(-c4ccc(-n5c6c(c7ccccc75)CCCC6)cc4)c3)n2)cc1. The van der Waals surface area contributed by atoms with Crippen LogP contribution in [0.2, 0.25) is 0 Å². The molecule has 16 aromatic carbocycles. The fourth-order valence-corrected chi connectivity index (χ4v) is 19.6. The third-order valence-electron chi connectivity index (χ3n) is 26.2. The maximum absolute atomic E-state index is 5.04. The molecule has 0 spiro atoms. The third kappa shape index (κ3) is 16.5. The largest absolute Gasteiger partial charge is 0.316 e. The molecule has 0 atom stereocenters. The van der Waals surface area contributed by atoms with Gasteiger partial charge in [0.1, 0.15) is 0 Å². The number of fused-ring (bicyclic) bond motifs is 8. The van der Waals surface area contributed by atoms with Gasteiger partial charge in [-0.05, 0) is 216 Å². The van der Waals surface area contributed by atoms with Crippen LogP contribution in [0.4, 0.5) is 0 Å². The molecule has 0 fully saturated rings. The van der Waals surface area contributed by atoms with Crippen LogP contribution in [0.3, 0.4) is 0 Å². The van der Waals surface area contributed by atoms with Crippen molar-refractivity contribution in [2.24, 2.45) is 0 Å². The zero-order chi connectivity index (χ0) is 89.0. The molecule has 7 heterocycles. The Hall–Kier alpha value is -17.1. The van der Waals surface area contributed by atoms with Gasteiger partial charge in [0.25, 0.3) is 0 Å². The summed E-state index contributed by atoms with van der Waals surface area (Å²) in [5, 5.41) is 5.24. The second-order valence-corrected chi connectivity index (χ2v) is 34.6. The number of hydrogen-bond donors (Lipinski definition) is 0. The highest BCUT2D eigenvalue weighted by molar-refractivity contribution is 5.91. The first-order chi connectivity index (χ1) is 66.4. The van der Waals surface area contributed by atoms with Gasteiger partial charge >= 0.3 is 0 Å². The van der Waals surface area contributed by atoms with E-state index in [2.05, 4.69) is 407 Å². The summed E-state index contributed by atoms with van der Waals surface area (Å²) in [5.41, 5.74) is 37.5. The lowest BCUT2D eigenvalue weighted by atomic mass is 9.95. The first-order valence-electron chi connectivity index (χ1n) is 46.4. The van der Waals surface area contributed by atoms with Crippen LogP contribution in [0.1, 0.15) is 48.2 Å². The van der Waals surface area contributed by atoms with Gasteiger partial charge in [-0.15, -0.1) is 0 Å². The summed E-state index contributed by atoms with van der Waals surface area (Å²) >= 11 is 0. The molecule has 2 aliphatic carbocycles. The number of benzene rings is 16. The second kappa shape index (κ2) is 36.5. The fourth-order valence-electron chi connectivity index (χ4n) is 19.6. The minimum absolute atomic E-state index is 0.703. The maximum atomic E-state index is 5.04. The molecule has 0 amide bonds. The Morgan fingerprint density at radius 3 is 0.858 bits per heavy atom. The minimum Gasteiger partial charge on any atom is -0.316 e. The van der Waals surface area contributed by atoms with Crippen LogP contribution < -0.4 is 0 Å². The Morgan fingerprint density at radius 1 is 0.172 bits per heavy atom. The van der Waals surface area contributed by atoms with Crippen LogP contribution in [-0.2, 0) is 25.7 Å². The summed E-state index contributed by atoms with van der Waals surface area (Å²) in [7, 11) is 0. The van der Waals surface area contributed by atoms with Crippen molar-refractivity contribution in [1.82, 2.24) is 48.2 Å². The number of nitrogens with zero attached hydrogens (tertiary/aromatic N) is 10. The van der Waals surface area contributed by atoms with E-state index in [9.17, 15) is 0 Å². The van der Waals surface area contributed by atoms with Gasteiger partial charge in [-0.2, -0.15) is 0 Å². The standard InChI is InChI=1S/C44H30N4.2C40H31N3/c1-3-11-32(12-4-1)40-30-41(33-13-5-2-6-14-33)46-44(45-40)36-21-19-31(20-22-36)37-27-38(47-25-23-34-15-7-9-17-42(34)47)29-39(28-37)48-26-24-35-16-8-10-18-43(35)48;1-3-12-29(13-4-1)36-27-37(42-40(41-36)30-14-5-2-6-15-30)32-17-11-16-31(26-32)28-22-24-33(25-23-28)43-38-20-9-7-18-34(38)35-19-8-10-21-39(35)43;1-3-12-29(13-4-1)36-27-37(30-14-5-2-6-15-30)42-40(41-36)32-17-11-16-31(26-32)28-22-24-33(25-23-28)43-38-20-9-7-18-34(38)35-19-8-10-21-39(35)43/h1-30H;2*1-7,9,11-18,20,22-27H,8,10,19,21H2. The first-order valence-corrected chi connectivity index (χ1v) is 46.4. The van der Waals surface area contributed by atoms with E-state index in [4.69, 9.17) is 29.9 Å². The Kier molecular flexibility index (Phi) is 22.1. The van der Waals surface area contributed by atoms with Crippen LogP contribution in [0.5, 0.6) is 0 Å². The lowest BCUT2D eigenvalue weighted by molar-refractivity contribution is 0.667. The van der Waals surface area contributed by atoms with E-state index in [1.165, 1.54) is 133 Å². The molecular formula is C124H92N10. The van der Waals surface area contributed by atoms with Gasteiger partial charge in [-0.3, -0.25) is 0 Å². The van der Waals surface area contributed by atoms with Gasteiger partial charge in [0, 0.05) is 107 Å². The van der Waals surface area contributed by atoms with Gasteiger partial charge in [0.15, 0.2) is 17.5 Å². The zero-order valence-electron chi connectivity index (χ0n) is 74.0. The number of aryl methyl sites for hydroxylation is 2. The lowest BCUT2D eigenvalue weighted by Crippen LogP contribution is -2.06. The van der Waals surface area contributed by atoms with Crippen molar-refractivity contribution in [3.8, 4) is 158 Å². The van der Waals surface area contributed by atoms with Crippen molar-refractivity contribution in [3.63, 3.8) is 0 Å². The van der Waals surface area contributed by atoms with Crippen molar-refractivity contribution in [1.29, 1.82) is 0 Å². The summed E-state index contributed by atoms with van der Waals surface area (Å²) in [4.78, 5) is 30.1. The number of hydrogen-bond acceptors (Lipinski definition) is 6. The predicted octanol–water partition coefficient (Wildman–Crippen LogP) is 31.0. The fraction of sp³-hybridized carbons (Fsp3) is 0.0645. The number of rotatable bonds is 16. The van der Waals surface area contributed by atoms with Crippen LogP contribution in [0.25, 0.3) is 201 Å². The van der Waals surface area contributed by atoms with Gasteiger partial charge in [0.2, 0.25) is 0 Å². The van der Waals surface area contributed by atoms with Crippen molar-refractivity contribution in [2.45, 2.75) is 51.4 Å². The van der Waals surface area contributed by atoms with E-state index in [1.54, 1.807) is 0 Å². The average molecular weight is 1720 g/mol. The van der Waals surface area contributed by atoms with E-state index in [1.807, 2.05) is 72.8 Å².